The molecule has 1 amide bonds. The van der Waals surface area contributed by atoms with E-state index in [2.05, 4.69) is 10.3 Å². The van der Waals surface area contributed by atoms with Crippen LogP contribution < -0.4 is 10.9 Å². The van der Waals surface area contributed by atoms with Gasteiger partial charge in [0.1, 0.15) is 0 Å². The number of nitrogens with zero attached hydrogens (tertiary/aromatic N) is 1. The van der Waals surface area contributed by atoms with Crippen LogP contribution in [0.2, 0.25) is 0 Å². The van der Waals surface area contributed by atoms with Crippen molar-refractivity contribution in [3.05, 3.63) is 74.8 Å². The number of aromatic amines is 1. The molecular formula is C19H17N3O2S. The first-order valence-corrected chi connectivity index (χ1v) is 8.64. The van der Waals surface area contributed by atoms with Crippen LogP contribution in [0.1, 0.15) is 28.8 Å². The van der Waals surface area contributed by atoms with Gasteiger partial charge in [-0.3, -0.25) is 14.2 Å². The maximum absolute atomic E-state index is 12.7. The number of carbonyl (C=O) groups is 1. The van der Waals surface area contributed by atoms with E-state index in [1.165, 1.54) is 4.57 Å². The molecule has 1 aromatic heterocycles. The van der Waals surface area contributed by atoms with E-state index in [0.717, 1.165) is 23.9 Å². The lowest BCUT2D eigenvalue weighted by Gasteiger charge is -2.09. The standard InChI is InChI=1S/C19H17N3O2S/c23-17(20-14-9-10-14)13-7-5-12(6-8-13)11-22-18(24)15-3-1-2-4-16(15)21-19(22)25/h1-8,14H,9-11H2,(H,20,23)(H,21,25). The van der Waals surface area contributed by atoms with Gasteiger partial charge in [0, 0.05) is 11.6 Å². The fraction of sp³-hybridized carbons (Fsp3) is 0.211. The summed E-state index contributed by atoms with van der Waals surface area (Å²) in [5, 5.41) is 3.57. The third-order valence-corrected chi connectivity index (χ3v) is 4.68. The smallest absolute Gasteiger partial charge is 0.262 e. The van der Waals surface area contributed by atoms with Gasteiger partial charge >= 0.3 is 0 Å². The number of carbonyl (C=O) groups excluding carboxylic acids is 1. The van der Waals surface area contributed by atoms with Crippen LogP contribution in [-0.2, 0) is 6.54 Å². The Hall–Kier alpha value is -2.73. The van der Waals surface area contributed by atoms with Gasteiger partial charge in [0.25, 0.3) is 11.5 Å². The molecule has 0 radical (unpaired) electrons. The van der Waals surface area contributed by atoms with E-state index in [-0.39, 0.29) is 11.5 Å². The van der Waals surface area contributed by atoms with Gasteiger partial charge in [-0.1, -0.05) is 24.3 Å². The van der Waals surface area contributed by atoms with Crippen molar-refractivity contribution in [3.8, 4) is 0 Å². The molecule has 4 rings (SSSR count). The Labute approximate surface area is 149 Å². The van der Waals surface area contributed by atoms with Gasteiger partial charge in [0.2, 0.25) is 0 Å². The minimum atomic E-state index is -0.116. The summed E-state index contributed by atoms with van der Waals surface area (Å²) in [5.41, 5.74) is 2.17. The molecule has 0 aliphatic heterocycles. The SMILES string of the molecule is O=C(NC1CC1)c1ccc(Cn2c(=S)[nH]c3ccccc3c2=O)cc1. The summed E-state index contributed by atoms with van der Waals surface area (Å²) in [6.07, 6.45) is 2.12. The van der Waals surface area contributed by atoms with Crippen LogP contribution in [0.4, 0.5) is 0 Å². The maximum atomic E-state index is 12.7. The fourth-order valence-corrected chi connectivity index (χ4v) is 3.04. The summed E-state index contributed by atoms with van der Waals surface area (Å²) in [6, 6.07) is 14.9. The zero-order chi connectivity index (χ0) is 17.4. The number of aromatic nitrogens is 2. The summed E-state index contributed by atoms with van der Waals surface area (Å²) >= 11 is 5.33. The van der Waals surface area contributed by atoms with Crippen LogP contribution >= 0.6 is 12.2 Å². The van der Waals surface area contributed by atoms with Crippen LogP contribution in [0.25, 0.3) is 10.9 Å². The van der Waals surface area contributed by atoms with Gasteiger partial charge in [-0.2, -0.15) is 0 Å². The molecule has 2 aromatic carbocycles. The van der Waals surface area contributed by atoms with Gasteiger partial charge in [-0.05, 0) is 54.9 Å². The monoisotopic (exact) mass is 351 g/mol. The molecule has 0 atom stereocenters. The molecule has 6 heteroatoms. The molecule has 1 aliphatic rings. The summed E-state index contributed by atoms with van der Waals surface area (Å²) in [6.45, 7) is 0.365. The molecule has 5 nitrogen and oxygen atoms in total. The molecule has 126 valence electrons. The first-order chi connectivity index (χ1) is 12.1. The van der Waals surface area contributed by atoms with Crippen molar-refractivity contribution in [1.82, 2.24) is 14.9 Å². The topological polar surface area (TPSA) is 66.9 Å². The molecular weight excluding hydrogens is 334 g/mol. The van der Waals surface area contributed by atoms with E-state index in [9.17, 15) is 9.59 Å². The molecule has 0 spiro atoms. The molecule has 1 fully saturated rings. The number of fused-ring (bicyclic) bond motifs is 1. The Bertz CT molecular complexity index is 1060. The lowest BCUT2D eigenvalue weighted by molar-refractivity contribution is 0.0951. The molecule has 3 aromatic rings. The van der Waals surface area contributed by atoms with Crippen molar-refractivity contribution >= 4 is 29.0 Å². The van der Waals surface area contributed by atoms with Gasteiger partial charge in [-0.25, -0.2) is 0 Å². The Morgan fingerprint density at radius 3 is 2.60 bits per heavy atom. The van der Waals surface area contributed by atoms with Crippen molar-refractivity contribution in [1.29, 1.82) is 0 Å². The second-order valence-corrected chi connectivity index (χ2v) is 6.70. The molecule has 25 heavy (non-hydrogen) atoms. The van der Waals surface area contributed by atoms with Crippen molar-refractivity contribution < 1.29 is 4.79 Å². The highest BCUT2D eigenvalue weighted by Crippen LogP contribution is 2.19. The minimum Gasteiger partial charge on any atom is -0.349 e. The summed E-state index contributed by atoms with van der Waals surface area (Å²) < 4.78 is 1.93. The first-order valence-electron chi connectivity index (χ1n) is 8.23. The largest absolute Gasteiger partial charge is 0.349 e. The first kappa shape index (κ1) is 15.8. The number of rotatable bonds is 4. The summed E-state index contributed by atoms with van der Waals surface area (Å²) in [7, 11) is 0. The van der Waals surface area contributed by atoms with Crippen LogP contribution in [0.15, 0.2) is 53.3 Å². The highest BCUT2D eigenvalue weighted by atomic mass is 32.1. The minimum absolute atomic E-state index is 0.0470. The predicted octanol–water partition coefficient (Wildman–Crippen LogP) is 3.00. The van der Waals surface area contributed by atoms with Crippen molar-refractivity contribution in [2.45, 2.75) is 25.4 Å². The number of para-hydroxylation sites is 1. The number of hydrogen-bond acceptors (Lipinski definition) is 3. The lowest BCUT2D eigenvalue weighted by atomic mass is 10.1. The van der Waals surface area contributed by atoms with Crippen molar-refractivity contribution in [3.63, 3.8) is 0 Å². The molecule has 1 heterocycles. The Kier molecular flexibility index (Phi) is 3.97. The lowest BCUT2D eigenvalue weighted by Crippen LogP contribution is -2.25. The van der Waals surface area contributed by atoms with E-state index in [0.29, 0.717) is 28.3 Å². The Morgan fingerprint density at radius 1 is 1.16 bits per heavy atom. The Morgan fingerprint density at radius 2 is 1.88 bits per heavy atom. The zero-order valence-corrected chi connectivity index (χ0v) is 14.3. The molecule has 0 unspecified atom stereocenters. The van der Waals surface area contributed by atoms with E-state index < -0.39 is 0 Å². The van der Waals surface area contributed by atoms with Crippen LogP contribution in [0.3, 0.4) is 0 Å². The Balaban J connectivity index is 1.61. The molecule has 1 aliphatic carbocycles. The third kappa shape index (κ3) is 3.25. The van der Waals surface area contributed by atoms with Crippen molar-refractivity contribution in [2.75, 3.05) is 0 Å². The number of H-pyrrole nitrogens is 1. The highest BCUT2D eigenvalue weighted by Gasteiger charge is 2.23. The van der Waals surface area contributed by atoms with E-state index in [1.54, 1.807) is 18.2 Å². The van der Waals surface area contributed by atoms with Crippen molar-refractivity contribution in [2.24, 2.45) is 0 Å². The summed E-state index contributed by atoms with van der Waals surface area (Å²) in [4.78, 5) is 27.8. The quantitative estimate of drug-likeness (QED) is 0.710. The van der Waals surface area contributed by atoms with Gasteiger partial charge in [0.15, 0.2) is 4.77 Å². The number of benzene rings is 2. The fourth-order valence-electron chi connectivity index (χ4n) is 2.78. The molecule has 1 saturated carbocycles. The second-order valence-electron chi connectivity index (χ2n) is 6.31. The maximum Gasteiger partial charge on any atom is 0.262 e. The second kappa shape index (κ2) is 6.29. The van der Waals surface area contributed by atoms with E-state index in [4.69, 9.17) is 12.2 Å². The van der Waals surface area contributed by atoms with Crippen LogP contribution in [-0.4, -0.2) is 21.5 Å². The van der Waals surface area contributed by atoms with Gasteiger partial charge < -0.3 is 10.3 Å². The predicted molar refractivity (Wildman–Crippen MR) is 99.4 cm³/mol. The molecule has 0 saturated heterocycles. The molecule has 2 N–H and O–H groups in total. The van der Waals surface area contributed by atoms with Gasteiger partial charge in [0.05, 0.1) is 17.4 Å². The highest BCUT2D eigenvalue weighted by molar-refractivity contribution is 7.71. The van der Waals surface area contributed by atoms with Crippen LogP contribution in [0, 0.1) is 4.77 Å². The zero-order valence-electron chi connectivity index (χ0n) is 13.5. The molecule has 0 bridgehead atoms. The average molecular weight is 351 g/mol. The number of hydrogen-bond donors (Lipinski definition) is 2. The van der Waals surface area contributed by atoms with E-state index >= 15 is 0 Å². The summed E-state index contributed by atoms with van der Waals surface area (Å²) in [5.74, 6) is -0.0470. The van der Waals surface area contributed by atoms with Crippen LogP contribution in [0.5, 0.6) is 0 Å². The number of nitrogens with one attached hydrogen (secondary N) is 2. The van der Waals surface area contributed by atoms with Gasteiger partial charge in [-0.15, -0.1) is 0 Å². The average Bonchev–Trinajstić information content (AvgIpc) is 3.43. The third-order valence-electron chi connectivity index (χ3n) is 4.36. The normalized spacial score (nSPS) is 13.8. The van der Waals surface area contributed by atoms with E-state index in [1.807, 2.05) is 30.3 Å². The number of amides is 1.